The van der Waals surface area contributed by atoms with Crippen molar-refractivity contribution in [3.05, 3.63) is 72.4 Å². The summed E-state index contributed by atoms with van der Waals surface area (Å²) in [4.78, 5) is 24.0. The van der Waals surface area contributed by atoms with Crippen LogP contribution >= 0.6 is 0 Å². The van der Waals surface area contributed by atoms with Crippen molar-refractivity contribution in [1.29, 1.82) is 0 Å². The number of nitrogens with zero attached hydrogens (tertiary/aromatic N) is 4. The maximum absolute atomic E-state index is 12.5. The zero-order valence-corrected chi connectivity index (χ0v) is 18.9. The van der Waals surface area contributed by atoms with Crippen molar-refractivity contribution < 1.29 is 4.79 Å². The van der Waals surface area contributed by atoms with Crippen LogP contribution in [-0.4, -0.2) is 38.4 Å². The molecule has 2 aromatic carbocycles. The predicted molar refractivity (Wildman–Crippen MR) is 131 cm³/mol. The van der Waals surface area contributed by atoms with E-state index < -0.39 is 0 Å². The molecule has 2 aliphatic rings. The lowest BCUT2D eigenvalue weighted by molar-refractivity contribution is -0.131. The fourth-order valence-corrected chi connectivity index (χ4v) is 4.95. The molecule has 6 rings (SSSR count). The number of benzene rings is 2. The number of rotatable bonds is 5. The fourth-order valence-electron chi connectivity index (χ4n) is 4.95. The summed E-state index contributed by atoms with van der Waals surface area (Å²) in [5.74, 6) is 2.05. The van der Waals surface area contributed by atoms with Crippen molar-refractivity contribution >= 4 is 17.1 Å². The van der Waals surface area contributed by atoms with Gasteiger partial charge in [0.05, 0.1) is 5.52 Å². The third-order valence-corrected chi connectivity index (χ3v) is 7.02. The smallest absolute Gasteiger partial charge is 0.225 e. The van der Waals surface area contributed by atoms with Crippen LogP contribution in [0.3, 0.4) is 0 Å². The maximum atomic E-state index is 12.5. The lowest BCUT2D eigenvalue weighted by Crippen LogP contribution is -2.30. The molecule has 3 heterocycles. The lowest BCUT2D eigenvalue weighted by atomic mass is 10.0. The van der Waals surface area contributed by atoms with Gasteiger partial charge in [-0.1, -0.05) is 54.1 Å². The zero-order chi connectivity index (χ0) is 22.4. The van der Waals surface area contributed by atoms with Gasteiger partial charge >= 0.3 is 0 Å². The lowest BCUT2D eigenvalue weighted by Gasteiger charge is -2.17. The summed E-state index contributed by atoms with van der Waals surface area (Å²) in [5, 5.41) is 0. The topological polar surface area (TPSA) is 51.0 Å². The van der Waals surface area contributed by atoms with Crippen molar-refractivity contribution in [3.63, 3.8) is 0 Å². The molecule has 166 valence electrons. The van der Waals surface area contributed by atoms with Crippen molar-refractivity contribution in [1.82, 2.24) is 19.4 Å². The molecule has 1 saturated heterocycles. The van der Waals surface area contributed by atoms with Gasteiger partial charge in [0.25, 0.3) is 0 Å². The summed E-state index contributed by atoms with van der Waals surface area (Å²) in [7, 11) is 0. The molecule has 1 saturated carbocycles. The van der Waals surface area contributed by atoms with E-state index in [1.165, 1.54) is 16.7 Å². The average Bonchev–Trinajstić information content (AvgIpc) is 3.49. The highest BCUT2D eigenvalue weighted by molar-refractivity contribution is 5.81. The van der Waals surface area contributed by atoms with Gasteiger partial charge in [0.2, 0.25) is 5.91 Å². The molecule has 1 aliphatic carbocycles. The minimum Gasteiger partial charge on any atom is -0.342 e. The van der Waals surface area contributed by atoms with E-state index in [1.807, 2.05) is 6.07 Å². The number of hydrogen-bond donors (Lipinski definition) is 0. The molecule has 5 nitrogen and oxygen atoms in total. The molecule has 5 heteroatoms. The third-order valence-electron chi connectivity index (χ3n) is 7.02. The largest absolute Gasteiger partial charge is 0.342 e. The zero-order valence-electron chi connectivity index (χ0n) is 18.9. The monoisotopic (exact) mass is 436 g/mol. The summed E-state index contributed by atoms with van der Waals surface area (Å²) in [6.45, 7) is 4.69. The van der Waals surface area contributed by atoms with Gasteiger partial charge in [-0.25, -0.2) is 9.97 Å². The predicted octanol–water partition coefficient (Wildman–Crippen LogP) is 5.33. The highest BCUT2D eigenvalue weighted by atomic mass is 16.2. The van der Waals surface area contributed by atoms with Gasteiger partial charge in [0.1, 0.15) is 5.82 Å². The van der Waals surface area contributed by atoms with Gasteiger partial charge in [-0.15, -0.1) is 0 Å². The van der Waals surface area contributed by atoms with E-state index >= 15 is 0 Å². The van der Waals surface area contributed by atoms with E-state index in [9.17, 15) is 4.79 Å². The van der Waals surface area contributed by atoms with Gasteiger partial charge < -0.3 is 9.47 Å². The molecule has 2 fully saturated rings. The number of fused-ring (bicyclic) bond motifs is 1. The summed E-state index contributed by atoms with van der Waals surface area (Å²) >= 11 is 0. The van der Waals surface area contributed by atoms with E-state index in [0.29, 0.717) is 17.7 Å². The van der Waals surface area contributed by atoms with Crippen LogP contribution in [0.25, 0.3) is 33.7 Å². The normalized spacial score (nSPS) is 18.2. The first-order chi connectivity index (χ1) is 16.2. The van der Waals surface area contributed by atoms with Crippen LogP contribution in [0.15, 0.2) is 66.9 Å². The fraction of sp³-hybridized carbons (Fsp3) is 0.321. The molecule has 0 bridgehead atoms. The molecular formula is C28H28N4O. The molecule has 0 radical (unpaired) electrons. The number of likely N-dealkylation sites (tertiary alicyclic amines) is 1. The molecule has 33 heavy (non-hydrogen) atoms. The van der Waals surface area contributed by atoms with Gasteiger partial charge in [-0.05, 0) is 55.4 Å². The summed E-state index contributed by atoms with van der Waals surface area (Å²) < 4.78 is 2.30. The summed E-state index contributed by atoms with van der Waals surface area (Å²) in [6.07, 6.45) is 4.99. The first-order valence-electron chi connectivity index (χ1n) is 11.9. The summed E-state index contributed by atoms with van der Waals surface area (Å²) in [5.41, 5.74) is 6.60. The molecule has 0 unspecified atom stereocenters. The van der Waals surface area contributed by atoms with Crippen molar-refractivity contribution in [2.45, 2.75) is 32.7 Å². The second kappa shape index (κ2) is 8.14. The van der Waals surface area contributed by atoms with Gasteiger partial charge in [0, 0.05) is 37.3 Å². The Balaban J connectivity index is 1.30. The number of aromatic nitrogens is 3. The Kier molecular flexibility index (Phi) is 4.97. The molecule has 1 aliphatic heterocycles. The van der Waals surface area contributed by atoms with E-state index in [4.69, 9.17) is 4.98 Å². The van der Waals surface area contributed by atoms with Crippen LogP contribution in [0.4, 0.5) is 0 Å². The number of hydrogen-bond acceptors (Lipinski definition) is 3. The first-order valence-corrected chi connectivity index (χ1v) is 11.9. The van der Waals surface area contributed by atoms with E-state index in [-0.39, 0.29) is 0 Å². The molecule has 0 N–H and O–H groups in total. The number of carbonyl (C=O) groups excluding carboxylic acids is 1. The number of amides is 1. The van der Waals surface area contributed by atoms with Crippen LogP contribution in [0, 0.1) is 18.8 Å². The van der Waals surface area contributed by atoms with Crippen LogP contribution in [0.1, 0.15) is 24.8 Å². The Morgan fingerprint density at radius 3 is 2.36 bits per heavy atom. The Hall–Kier alpha value is -3.47. The average molecular weight is 437 g/mol. The SMILES string of the molecule is Cc1ccc(-c2ccc(-c3nc4ncccc4n3C[C@H]3CCN(C(=O)C4CC4)C3)cc2)cc1. The number of carbonyl (C=O) groups is 1. The second-order valence-electron chi connectivity index (χ2n) is 9.55. The standard InChI is InChI=1S/C28H28N4O/c1-19-4-6-21(7-5-19)22-8-10-23(11-9-22)27-30-26-25(3-2-15-29-26)32(27)18-20-14-16-31(17-20)28(33)24-12-13-24/h2-11,15,20,24H,12-14,16-18H2,1H3/t20-/m0/s1. The van der Waals surface area contributed by atoms with Crippen LogP contribution in [-0.2, 0) is 11.3 Å². The van der Waals surface area contributed by atoms with Gasteiger partial charge in [-0.3, -0.25) is 4.79 Å². The number of pyridine rings is 1. The van der Waals surface area contributed by atoms with Crippen molar-refractivity contribution in [2.75, 3.05) is 13.1 Å². The number of imidazole rings is 1. The minimum absolute atomic E-state index is 0.296. The Bertz CT molecular complexity index is 1300. The van der Waals surface area contributed by atoms with E-state index in [0.717, 1.165) is 61.4 Å². The van der Waals surface area contributed by atoms with E-state index in [2.05, 4.69) is 76.0 Å². The van der Waals surface area contributed by atoms with Crippen LogP contribution in [0.5, 0.6) is 0 Å². The quantitative estimate of drug-likeness (QED) is 0.425. The van der Waals surface area contributed by atoms with Crippen LogP contribution < -0.4 is 0 Å². The maximum Gasteiger partial charge on any atom is 0.225 e. The molecule has 1 amide bonds. The Labute approximate surface area is 194 Å². The van der Waals surface area contributed by atoms with Gasteiger partial charge in [0.15, 0.2) is 5.65 Å². The van der Waals surface area contributed by atoms with Gasteiger partial charge in [-0.2, -0.15) is 0 Å². The molecule has 4 aromatic rings. The van der Waals surface area contributed by atoms with Crippen molar-refractivity contribution in [2.24, 2.45) is 11.8 Å². The molecule has 1 atom stereocenters. The van der Waals surface area contributed by atoms with E-state index in [1.54, 1.807) is 6.20 Å². The Morgan fingerprint density at radius 2 is 1.64 bits per heavy atom. The van der Waals surface area contributed by atoms with Crippen molar-refractivity contribution in [3.8, 4) is 22.5 Å². The third kappa shape index (κ3) is 3.92. The molecule has 0 spiro atoms. The molecular weight excluding hydrogens is 408 g/mol. The number of aryl methyl sites for hydroxylation is 1. The van der Waals surface area contributed by atoms with Crippen LogP contribution in [0.2, 0.25) is 0 Å². The second-order valence-corrected chi connectivity index (χ2v) is 9.55. The highest BCUT2D eigenvalue weighted by Gasteiger charge is 2.36. The molecule has 2 aromatic heterocycles. The first kappa shape index (κ1) is 20.2. The summed E-state index contributed by atoms with van der Waals surface area (Å²) in [6, 6.07) is 21.3. The highest BCUT2D eigenvalue weighted by Crippen LogP contribution is 2.34. The Morgan fingerprint density at radius 1 is 0.939 bits per heavy atom. The minimum atomic E-state index is 0.296.